The summed E-state index contributed by atoms with van der Waals surface area (Å²) in [4.78, 5) is 0.140. The molecule has 0 saturated heterocycles. The maximum absolute atomic E-state index is 12.0. The van der Waals surface area contributed by atoms with Gasteiger partial charge in [0.1, 0.15) is 0 Å². The number of aliphatic hydroxyl groups excluding tert-OH is 1. The minimum atomic E-state index is -3.60. The Morgan fingerprint density at radius 2 is 1.82 bits per heavy atom. The second kappa shape index (κ2) is 5.82. The minimum Gasteiger partial charge on any atom is -0.395 e. The highest BCUT2D eigenvalue weighted by atomic mass is 35.5. The summed E-state index contributed by atoms with van der Waals surface area (Å²) >= 11 is 5.69. The fourth-order valence-corrected chi connectivity index (χ4v) is 2.77. The van der Waals surface area contributed by atoms with Gasteiger partial charge in [-0.3, -0.25) is 0 Å². The summed E-state index contributed by atoms with van der Waals surface area (Å²) in [6.07, 6.45) is 0. The Morgan fingerprint density at radius 1 is 1.29 bits per heavy atom. The minimum absolute atomic E-state index is 0.0158. The van der Waals surface area contributed by atoms with E-state index in [0.717, 1.165) is 0 Å². The van der Waals surface area contributed by atoms with Gasteiger partial charge in [0, 0.05) is 11.1 Å². The smallest absolute Gasteiger partial charge is 0.240 e. The van der Waals surface area contributed by atoms with Crippen LogP contribution in [0.1, 0.15) is 13.8 Å². The Hall–Kier alpha value is -0.620. The average Bonchev–Trinajstić information content (AvgIpc) is 2.26. The normalized spacial score (nSPS) is 13.9. The van der Waals surface area contributed by atoms with Crippen LogP contribution in [0.15, 0.2) is 29.2 Å². The van der Waals surface area contributed by atoms with Crippen molar-refractivity contribution in [3.8, 4) is 0 Å². The van der Waals surface area contributed by atoms with Gasteiger partial charge < -0.3 is 5.11 Å². The van der Waals surface area contributed by atoms with Gasteiger partial charge in [0.05, 0.1) is 11.5 Å². The Balaban J connectivity index is 2.92. The van der Waals surface area contributed by atoms with Crippen molar-refractivity contribution >= 4 is 21.6 Å². The SMILES string of the molecule is CC(C)[C@@H](CO)NS(=O)(=O)c1ccc(Cl)cc1. The van der Waals surface area contributed by atoms with Gasteiger partial charge in [0.2, 0.25) is 10.0 Å². The first-order valence-corrected chi connectivity index (χ1v) is 7.11. The zero-order valence-electron chi connectivity index (χ0n) is 9.72. The zero-order valence-corrected chi connectivity index (χ0v) is 11.3. The summed E-state index contributed by atoms with van der Waals surface area (Å²) in [6.45, 7) is 3.45. The third-order valence-electron chi connectivity index (χ3n) is 2.43. The molecule has 96 valence electrons. The van der Waals surface area contributed by atoms with E-state index in [-0.39, 0.29) is 17.4 Å². The van der Waals surface area contributed by atoms with Crippen LogP contribution in [0.4, 0.5) is 0 Å². The summed E-state index contributed by atoms with van der Waals surface area (Å²) in [5, 5.41) is 9.58. The lowest BCUT2D eigenvalue weighted by Crippen LogP contribution is -2.41. The van der Waals surface area contributed by atoms with Crippen LogP contribution in [0.5, 0.6) is 0 Å². The van der Waals surface area contributed by atoms with E-state index in [1.165, 1.54) is 24.3 Å². The molecule has 0 unspecified atom stereocenters. The van der Waals surface area contributed by atoms with Gasteiger partial charge in [-0.05, 0) is 30.2 Å². The number of nitrogens with one attached hydrogen (secondary N) is 1. The maximum atomic E-state index is 12.0. The van der Waals surface area contributed by atoms with Gasteiger partial charge in [-0.2, -0.15) is 0 Å². The molecular formula is C11H16ClNO3S. The van der Waals surface area contributed by atoms with Gasteiger partial charge in [0.25, 0.3) is 0 Å². The van der Waals surface area contributed by atoms with Crippen molar-refractivity contribution in [2.45, 2.75) is 24.8 Å². The van der Waals surface area contributed by atoms with Crippen molar-refractivity contribution in [3.05, 3.63) is 29.3 Å². The highest BCUT2D eigenvalue weighted by Crippen LogP contribution is 2.15. The van der Waals surface area contributed by atoms with E-state index in [0.29, 0.717) is 5.02 Å². The second-order valence-electron chi connectivity index (χ2n) is 4.11. The van der Waals surface area contributed by atoms with Crippen LogP contribution >= 0.6 is 11.6 Å². The maximum Gasteiger partial charge on any atom is 0.240 e. The van der Waals surface area contributed by atoms with E-state index in [4.69, 9.17) is 16.7 Å². The molecule has 1 atom stereocenters. The van der Waals surface area contributed by atoms with E-state index in [2.05, 4.69) is 4.72 Å². The number of sulfonamides is 1. The molecule has 0 bridgehead atoms. The predicted octanol–water partition coefficient (Wildman–Crippen LogP) is 1.64. The fourth-order valence-electron chi connectivity index (χ4n) is 1.27. The van der Waals surface area contributed by atoms with Gasteiger partial charge in [-0.15, -0.1) is 0 Å². The van der Waals surface area contributed by atoms with E-state index in [1.807, 2.05) is 13.8 Å². The monoisotopic (exact) mass is 277 g/mol. The highest BCUT2D eigenvalue weighted by Gasteiger charge is 2.21. The molecule has 1 aromatic rings. The second-order valence-corrected chi connectivity index (χ2v) is 6.26. The van der Waals surface area contributed by atoms with Crippen molar-refractivity contribution in [2.24, 2.45) is 5.92 Å². The molecule has 0 amide bonds. The highest BCUT2D eigenvalue weighted by molar-refractivity contribution is 7.89. The number of hydrogen-bond donors (Lipinski definition) is 2. The number of benzene rings is 1. The summed E-state index contributed by atoms with van der Waals surface area (Å²) in [7, 11) is -3.60. The molecule has 0 aromatic heterocycles. The Labute approximate surface area is 107 Å². The summed E-state index contributed by atoms with van der Waals surface area (Å²) < 4.78 is 26.4. The molecule has 6 heteroatoms. The molecular weight excluding hydrogens is 262 g/mol. The lowest BCUT2D eigenvalue weighted by molar-refractivity contribution is 0.227. The topological polar surface area (TPSA) is 66.4 Å². The molecule has 0 radical (unpaired) electrons. The van der Waals surface area contributed by atoms with Gasteiger partial charge in [0.15, 0.2) is 0 Å². The van der Waals surface area contributed by atoms with E-state index in [1.54, 1.807) is 0 Å². The lowest BCUT2D eigenvalue weighted by Gasteiger charge is -2.19. The summed E-state index contributed by atoms with van der Waals surface area (Å²) in [5.74, 6) is 0.0158. The van der Waals surface area contributed by atoms with E-state index < -0.39 is 16.1 Å². The predicted molar refractivity (Wildman–Crippen MR) is 67.5 cm³/mol. The first-order valence-electron chi connectivity index (χ1n) is 5.25. The first-order chi connectivity index (χ1) is 7.86. The van der Waals surface area contributed by atoms with E-state index >= 15 is 0 Å². The third kappa shape index (κ3) is 3.96. The molecule has 0 aliphatic heterocycles. The molecule has 0 heterocycles. The average molecular weight is 278 g/mol. The van der Waals surface area contributed by atoms with Crippen LogP contribution in [0.2, 0.25) is 5.02 Å². The Morgan fingerprint density at radius 3 is 2.24 bits per heavy atom. The molecule has 17 heavy (non-hydrogen) atoms. The molecule has 0 aliphatic carbocycles. The zero-order chi connectivity index (χ0) is 13.1. The van der Waals surface area contributed by atoms with Crippen LogP contribution in [0, 0.1) is 5.92 Å². The van der Waals surface area contributed by atoms with Gasteiger partial charge in [-0.1, -0.05) is 25.4 Å². The first kappa shape index (κ1) is 14.4. The third-order valence-corrected chi connectivity index (χ3v) is 4.19. The van der Waals surface area contributed by atoms with Crippen molar-refractivity contribution in [2.75, 3.05) is 6.61 Å². The molecule has 0 saturated carbocycles. The lowest BCUT2D eigenvalue weighted by atomic mass is 10.1. The van der Waals surface area contributed by atoms with Crippen LogP contribution in [-0.4, -0.2) is 26.2 Å². The fraction of sp³-hybridized carbons (Fsp3) is 0.455. The van der Waals surface area contributed by atoms with Crippen molar-refractivity contribution < 1.29 is 13.5 Å². The van der Waals surface area contributed by atoms with Gasteiger partial charge >= 0.3 is 0 Å². The Bertz CT molecular complexity index is 456. The van der Waals surface area contributed by atoms with E-state index in [9.17, 15) is 8.42 Å². The standard InChI is InChI=1S/C11H16ClNO3S/c1-8(2)11(7-14)13-17(15,16)10-5-3-9(12)4-6-10/h3-6,8,11,13-14H,7H2,1-2H3/t11-/m1/s1. The molecule has 4 nitrogen and oxygen atoms in total. The van der Waals surface area contributed by atoms with Crippen molar-refractivity contribution in [3.63, 3.8) is 0 Å². The summed E-state index contributed by atoms with van der Waals surface area (Å²) in [5.41, 5.74) is 0. The van der Waals surface area contributed by atoms with Crippen LogP contribution < -0.4 is 4.72 Å². The van der Waals surface area contributed by atoms with Crippen LogP contribution in [0.25, 0.3) is 0 Å². The number of aliphatic hydroxyl groups is 1. The number of hydrogen-bond acceptors (Lipinski definition) is 3. The molecule has 0 spiro atoms. The van der Waals surface area contributed by atoms with Crippen molar-refractivity contribution in [1.82, 2.24) is 4.72 Å². The van der Waals surface area contributed by atoms with Crippen molar-refractivity contribution in [1.29, 1.82) is 0 Å². The quantitative estimate of drug-likeness (QED) is 0.860. The largest absolute Gasteiger partial charge is 0.395 e. The summed E-state index contributed by atoms with van der Waals surface area (Å²) in [6, 6.07) is 5.40. The van der Waals surface area contributed by atoms with Crippen LogP contribution in [0.3, 0.4) is 0 Å². The number of rotatable bonds is 5. The molecule has 1 aromatic carbocycles. The molecule has 0 fully saturated rings. The molecule has 0 aliphatic rings. The molecule has 2 N–H and O–H groups in total. The van der Waals surface area contributed by atoms with Gasteiger partial charge in [-0.25, -0.2) is 13.1 Å². The number of halogens is 1. The molecule has 1 rings (SSSR count). The Kier molecular flexibility index (Phi) is 4.94. The van der Waals surface area contributed by atoms with Crippen LogP contribution in [-0.2, 0) is 10.0 Å².